The van der Waals surface area contributed by atoms with Gasteiger partial charge in [0.25, 0.3) is 0 Å². The number of nitrogens with zero attached hydrogens (tertiary/aromatic N) is 3. The fraction of sp³-hybridized carbons (Fsp3) is 0.368. The molecule has 1 fully saturated rings. The van der Waals surface area contributed by atoms with Gasteiger partial charge in [0.05, 0.1) is 5.69 Å². The summed E-state index contributed by atoms with van der Waals surface area (Å²) in [6.45, 7) is 2.04. The van der Waals surface area contributed by atoms with E-state index in [2.05, 4.69) is 15.2 Å². The largest absolute Gasteiger partial charge is 0.510 e. The van der Waals surface area contributed by atoms with Crippen molar-refractivity contribution in [2.24, 2.45) is 22.1 Å². The van der Waals surface area contributed by atoms with Gasteiger partial charge in [0.15, 0.2) is 11.5 Å². The molecule has 1 saturated carbocycles. The Bertz CT molecular complexity index is 867. The average Bonchev–Trinajstić information content (AvgIpc) is 3.19. The molecule has 5 nitrogen and oxygen atoms in total. The molecule has 2 unspecified atom stereocenters. The van der Waals surface area contributed by atoms with Crippen molar-refractivity contribution in [1.29, 1.82) is 0 Å². The van der Waals surface area contributed by atoms with E-state index in [-0.39, 0.29) is 29.1 Å². The van der Waals surface area contributed by atoms with Gasteiger partial charge in [-0.15, -0.1) is 21.6 Å². The molecule has 2 atom stereocenters. The predicted molar refractivity (Wildman–Crippen MR) is 96.9 cm³/mol. The predicted octanol–water partition coefficient (Wildman–Crippen LogP) is 5.36. The normalized spacial score (nSPS) is 23.5. The van der Waals surface area contributed by atoms with Gasteiger partial charge in [-0.2, -0.15) is 0 Å². The number of carbonyl (C=O) groups is 1. The second kappa shape index (κ2) is 6.52. The molecule has 1 N–H and O–H groups in total. The Hall–Kier alpha value is -2.34. The first-order valence-corrected chi connectivity index (χ1v) is 9.43. The average molecular weight is 353 g/mol. The Kier molecular flexibility index (Phi) is 4.21. The van der Waals surface area contributed by atoms with Crippen molar-refractivity contribution in [2.75, 3.05) is 0 Å². The van der Waals surface area contributed by atoms with Crippen LogP contribution in [0.4, 0.5) is 5.13 Å². The third-order valence-corrected chi connectivity index (χ3v) is 5.73. The van der Waals surface area contributed by atoms with Gasteiger partial charge in [-0.05, 0) is 19.8 Å². The van der Waals surface area contributed by atoms with E-state index in [1.165, 1.54) is 16.9 Å². The van der Waals surface area contributed by atoms with Gasteiger partial charge in [0.1, 0.15) is 5.76 Å². The summed E-state index contributed by atoms with van der Waals surface area (Å²) in [5, 5.41) is 20.9. The minimum absolute atomic E-state index is 0.0605. The van der Waals surface area contributed by atoms with E-state index in [0.717, 1.165) is 36.9 Å². The van der Waals surface area contributed by atoms with E-state index >= 15 is 0 Å². The van der Waals surface area contributed by atoms with E-state index in [1.54, 1.807) is 0 Å². The Morgan fingerprint density at radius 1 is 1.12 bits per heavy atom. The number of carbonyl (C=O) groups excluding carboxylic acids is 1. The van der Waals surface area contributed by atoms with Gasteiger partial charge in [-0.3, -0.25) is 4.79 Å². The maximum absolute atomic E-state index is 12.4. The quantitative estimate of drug-likeness (QED) is 0.755. The molecule has 25 heavy (non-hydrogen) atoms. The summed E-state index contributed by atoms with van der Waals surface area (Å²) < 4.78 is 0. The molecule has 0 amide bonds. The molecule has 1 aromatic heterocycles. The van der Waals surface area contributed by atoms with Crippen molar-refractivity contribution in [1.82, 2.24) is 4.98 Å². The zero-order valence-corrected chi connectivity index (χ0v) is 14.8. The van der Waals surface area contributed by atoms with Crippen molar-refractivity contribution in [3.63, 3.8) is 0 Å². The smallest absolute Gasteiger partial charge is 0.230 e. The molecular weight excluding hydrogens is 334 g/mol. The number of allylic oxidation sites excluding steroid dienone is 2. The second-order valence-electron chi connectivity index (χ2n) is 6.68. The fourth-order valence-electron chi connectivity index (χ4n) is 3.61. The number of ketones is 1. The van der Waals surface area contributed by atoms with Crippen LogP contribution in [0.15, 0.2) is 51.3 Å². The number of aromatic nitrogens is 1. The van der Waals surface area contributed by atoms with Crippen LogP contribution < -0.4 is 0 Å². The topological polar surface area (TPSA) is 74.9 Å². The molecular formula is C19H19N3O2S. The molecule has 2 aliphatic rings. The molecule has 2 aliphatic carbocycles. The number of azo groups is 1. The van der Waals surface area contributed by atoms with Crippen LogP contribution >= 0.6 is 11.3 Å². The number of rotatable bonds is 3. The number of fused-ring (bicyclic) bond motifs is 1. The molecule has 1 heterocycles. The zero-order valence-electron chi connectivity index (χ0n) is 14.0. The third-order valence-electron chi connectivity index (χ3n) is 5.00. The molecule has 0 saturated heterocycles. The lowest BCUT2D eigenvalue weighted by Crippen LogP contribution is -2.21. The van der Waals surface area contributed by atoms with Crippen molar-refractivity contribution in [2.45, 2.75) is 32.6 Å². The van der Waals surface area contributed by atoms with E-state index in [9.17, 15) is 9.90 Å². The summed E-state index contributed by atoms with van der Waals surface area (Å²) in [6, 6.07) is 8.12. The summed E-state index contributed by atoms with van der Waals surface area (Å²) >= 11 is 1.37. The standard InChI is InChI=1S/C19H19N3O2S/c1-11-6-8-12(9-7-11)15-10-25-19(20-15)22-21-16-17(23)13-4-2-3-5-14(13)18(16)24/h6-10,13-14,23H,2-5H2,1H3. The summed E-state index contributed by atoms with van der Waals surface area (Å²) in [7, 11) is 0. The van der Waals surface area contributed by atoms with Crippen molar-refractivity contribution < 1.29 is 9.90 Å². The van der Waals surface area contributed by atoms with E-state index in [1.807, 2.05) is 36.6 Å². The first kappa shape index (κ1) is 16.1. The van der Waals surface area contributed by atoms with Gasteiger partial charge in [0, 0.05) is 22.8 Å². The molecule has 0 spiro atoms. The van der Waals surface area contributed by atoms with Crippen LogP contribution in [0.5, 0.6) is 0 Å². The van der Waals surface area contributed by atoms with Gasteiger partial charge < -0.3 is 5.11 Å². The molecule has 6 heteroatoms. The van der Waals surface area contributed by atoms with Crippen molar-refractivity contribution in [3.8, 4) is 11.3 Å². The van der Waals surface area contributed by atoms with Gasteiger partial charge >= 0.3 is 0 Å². The lowest BCUT2D eigenvalue weighted by Gasteiger charge is -2.23. The molecule has 0 bridgehead atoms. The SMILES string of the molecule is Cc1ccc(-c2csc(N=NC3=C(O)C4CCCCC4C3=O)n2)cc1. The zero-order chi connectivity index (χ0) is 17.4. The number of thiazole rings is 1. The number of benzene rings is 1. The molecule has 4 rings (SSSR count). The summed E-state index contributed by atoms with van der Waals surface area (Å²) in [5.41, 5.74) is 3.18. The monoisotopic (exact) mass is 353 g/mol. The van der Waals surface area contributed by atoms with E-state index in [0.29, 0.717) is 5.13 Å². The third kappa shape index (κ3) is 3.02. The van der Waals surface area contributed by atoms with Crippen LogP contribution in [0.25, 0.3) is 11.3 Å². The number of aryl methyl sites for hydroxylation is 1. The molecule has 0 aliphatic heterocycles. The molecule has 128 valence electrons. The lowest BCUT2D eigenvalue weighted by atomic mass is 9.80. The Balaban J connectivity index is 1.55. The van der Waals surface area contributed by atoms with Crippen LogP contribution in [0.3, 0.4) is 0 Å². The van der Waals surface area contributed by atoms with Gasteiger partial charge in [-0.1, -0.05) is 42.7 Å². The highest BCUT2D eigenvalue weighted by Gasteiger charge is 2.43. The minimum atomic E-state index is -0.109. The van der Waals surface area contributed by atoms with Crippen LogP contribution in [0.2, 0.25) is 0 Å². The highest BCUT2D eigenvalue weighted by molar-refractivity contribution is 7.13. The molecule has 2 aromatic rings. The first-order chi connectivity index (χ1) is 12.1. The highest BCUT2D eigenvalue weighted by atomic mass is 32.1. The molecule has 1 aromatic carbocycles. The Labute approximate surface area is 150 Å². The van der Waals surface area contributed by atoms with Crippen LogP contribution in [0.1, 0.15) is 31.2 Å². The second-order valence-corrected chi connectivity index (χ2v) is 7.51. The van der Waals surface area contributed by atoms with Gasteiger partial charge in [0.2, 0.25) is 5.13 Å². The van der Waals surface area contributed by atoms with Gasteiger partial charge in [-0.25, -0.2) is 4.98 Å². The highest BCUT2D eigenvalue weighted by Crippen LogP contribution is 2.43. The summed E-state index contributed by atoms with van der Waals surface area (Å²) in [4.78, 5) is 16.9. The molecule has 0 radical (unpaired) electrons. The number of aliphatic hydroxyl groups is 1. The number of hydrogen-bond donors (Lipinski definition) is 1. The van der Waals surface area contributed by atoms with Crippen molar-refractivity contribution >= 4 is 22.3 Å². The summed E-state index contributed by atoms with van der Waals surface area (Å²) in [5.74, 6) is -0.119. The Morgan fingerprint density at radius 2 is 1.84 bits per heavy atom. The number of aliphatic hydroxyl groups excluding tert-OH is 1. The number of hydrogen-bond acceptors (Lipinski definition) is 6. The fourth-order valence-corrected chi connectivity index (χ4v) is 4.25. The van der Waals surface area contributed by atoms with E-state index < -0.39 is 0 Å². The van der Waals surface area contributed by atoms with Crippen LogP contribution in [-0.4, -0.2) is 15.9 Å². The van der Waals surface area contributed by atoms with Crippen LogP contribution in [0, 0.1) is 18.8 Å². The first-order valence-electron chi connectivity index (χ1n) is 8.55. The Morgan fingerprint density at radius 3 is 2.56 bits per heavy atom. The maximum Gasteiger partial charge on any atom is 0.230 e. The van der Waals surface area contributed by atoms with Crippen LogP contribution in [-0.2, 0) is 4.79 Å². The maximum atomic E-state index is 12.4. The minimum Gasteiger partial charge on any atom is -0.510 e. The summed E-state index contributed by atoms with van der Waals surface area (Å²) in [6.07, 6.45) is 3.78. The van der Waals surface area contributed by atoms with Crippen molar-refractivity contribution in [3.05, 3.63) is 46.7 Å². The van der Waals surface area contributed by atoms with E-state index in [4.69, 9.17) is 0 Å². The number of Topliss-reactive ketones (excluding diaryl/α,β-unsaturated/α-hetero) is 1. The lowest BCUT2D eigenvalue weighted by molar-refractivity contribution is -0.120.